The standard InChI is InChI=1S/C11H22N2O3/c1-9(14)3-4-12-5-7-13(8-6-12)10(2)11(15)16/h9-10,14H,3-8H2,1-2H3,(H,15,16). The molecule has 5 heteroatoms. The van der Waals surface area contributed by atoms with Gasteiger partial charge in [0.05, 0.1) is 6.10 Å². The average Bonchev–Trinajstić information content (AvgIpc) is 2.26. The van der Waals surface area contributed by atoms with E-state index in [1.54, 1.807) is 13.8 Å². The molecule has 2 atom stereocenters. The summed E-state index contributed by atoms with van der Waals surface area (Å²) in [5.74, 6) is -0.752. The van der Waals surface area contributed by atoms with Crippen LogP contribution in [0.2, 0.25) is 0 Å². The smallest absolute Gasteiger partial charge is 0.320 e. The van der Waals surface area contributed by atoms with Crippen LogP contribution >= 0.6 is 0 Å². The topological polar surface area (TPSA) is 64.0 Å². The van der Waals surface area contributed by atoms with E-state index in [-0.39, 0.29) is 12.1 Å². The lowest BCUT2D eigenvalue weighted by atomic mass is 10.2. The lowest BCUT2D eigenvalue weighted by Crippen LogP contribution is -2.51. The molecule has 1 saturated heterocycles. The highest BCUT2D eigenvalue weighted by Crippen LogP contribution is 2.07. The van der Waals surface area contributed by atoms with E-state index in [0.29, 0.717) is 0 Å². The van der Waals surface area contributed by atoms with Crippen molar-refractivity contribution in [3.63, 3.8) is 0 Å². The first-order valence-electron chi connectivity index (χ1n) is 5.88. The van der Waals surface area contributed by atoms with Gasteiger partial charge in [-0.25, -0.2) is 0 Å². The molecule has 0 aromatic rings. The van der Waals surface area contributed by atoms with Crippen LogP contribution in [0.4, 0.5) is 0 Å². The predicted molar refractivity (Wildman–Crippen MR) is 61.4 cm³/mol. The molecule has 0 amide bonds. The molecule has 0 aromatic heterocycles. The van der Waals surface area contributed by atoms with Crippen LogP contribution in [0.3, 0.4) is 0 Å². The molecule has 5 nitrogen and oxygen atoms in total. The Bertz CT molecular complexity index is 225. The number of carboxylic acid groups (broad SMARTS) is 1. The molecule has 1 aliphatic heterocycles. The molecular formula is C11H22N2O3. The number of carbonyl (C=O) groups is 1. The zero-order valence-electron chi connectivity index (χ0n) is 10.1. The van der Waals surface area contributed by atoms with Crippen molar-refractivity contribution < 1.29 is 15.0 Å². The van der Waals surface area contributed by atoms with Crippen LogP contribution < -0.4 is 0 Å². The summed E-state index contributed by atoms with van der Waals surface area (Å²) in [4.78, 5) is 15.1. The predicted octanol–water partition coefficient (Wildman–Crippen LogP) is -0.152. The first-order chi connectivity index (χ1) is 7.50. The quantitative estimate of drug-likeness (QED) is 0.687. The number of aliphatic hydroxyl groups excluding tert-OH is 1. The molecule has 1 rings (SSSR count). The van der Waals surface area contributed by atoms with E-state index in [4.69, 9.17) is 5.11 Å². The summed E-state index contributed by atoms with van der Waals surface area (Å²) < 4.78 is 0. The third-order valence-corrected chi connectivity index (χ3v) is 3.18. The van der Waals surface area contributed by atoms with Crippen LogP contribution in [0.15, 0.2) is 0 Å². The van der Waals surface area contributed by atoms with E-state index in [2.05, 4.69) is 4.90 Å². The zero-order valence-corrected chi connectivity index (χ0v) is 10.1. The van der Waals surface area contributed by atoms with Gasteiger partial charge in [0.1, 0.15) is 6.04 Å². The minimum Gasteiger partial charge on any atom is -0.480 e. The second-order valence-corrected chi connectivity index (χ2v) is 4.53. The van der Waals surface area contributed by atoms with Gasteiger partial charge in [-0.15, -0.1) is 0 Å². The van der Waals surface area contributed by atoms with E-state index >= 15 is 0 Å². The van der Waals surface area contributed by atoms with Gasteiger partial charge < -0.3 is 15.1 Å². The molecule has 0 bridgehead atoms. The Labute approximate surface area is 96.7 Å². The van der Waals surface area contributed by atoms with Gasteiger partial charge in [0.2, 0.25) is 0 Å². The highest BCUT2D eigenvalue weighted by atomic mass is 16.4. The lowest BCUT2D eigenvalue weighted by molar-refractivity contribution is -0.143. The molecule has 1 heterocycles. The first-order valence-corrected chi connectivity index (χ1v) is 5.88. The minimum atomic E-state index is -0.752. The van der Waals surface area contributed by atoms with Crippen molar-refractivity contribution >= 4 is 5.97 Å². The lowest BCUT2D eigenvalue weighted by Gasteiger charge is -2.36. The summed E-state index contributed by atoms with van der Waals surface area (Å²) in [5, 5.41) is 18.1. The molecule has 0 radical (unpaired) electrons. The Balaban J connectivity index is 2.25. The summed E-state index contributed by atoms with van der Waals surface area (Å²) in [6, 6.07) is -0.390. The molecule has 0 saturated carbocycles. The number of piperazine rings is 1. The molecule has 94 valence electrons. The van der Waals surface area contributed by atoms with Crippen molar-refractivity contribution in [1.29, 1.82) is 0 Å². The fraction of sp³-hybridized carbons (Fsp3) is 0.909. The molecule has 1 fully saturated rings. The number of aliphatic hydroxyl groups is 1. The largest absolute Gasteiger partial charge is 0.480 e. The number of rotatable bonds is 5. The van der Waals surface area contributed by atoms with Crippen LogP contribution in [-0.2, 0) is 4.79 Å². The molecule has 16 heavy (non-hydrogen) atoms. The molecular weight excluding hydrogens is 208 g/mol. The second kappa shape index (κ2) is 6.18. The molecule has 0 aromatic carbocycles. The Morgan fingerprint density at radius 3 is 2.25 bits per heavy atom. The molecule has 0 aliphatic carbocycles. The number of hydrogen-bond acceptors (Lipinski definition) is 4. The summed E-state index contributed by atoms with van der Waals surface area (Å²) in [6.07, 6.45) is 0.532. The van der Waals surface area contributed by atoms with Gasteiger partial charge in [-0.2, -0.15) is 0 Å². The van der Waals surface area contributed by atoms with Crippen molar-refractivity contribution in [2.24, 2.45) is 0 Å². The van der Waals surface area contributed by atoms with E-state index in [1.165, 1.54) is 0 Å². The summed E-state index contributed by atoms with van der Waals surface area (Å²) in [7, 11) is 0. The number of nitrogens with zero attached hydrogens (tertiary/aromatic N) is 2. The van der Waals surface area contributed by atoms with Gasteiger partial charge in [0.25, 0.3) is 0 Å². The molecule has 2 N–H and O–H groups in total. The van der Waals surface area contributed by atoms with Gasteiger partial charge in [-0.05, 0) is 20.3 Å². The van der Waals surface area contributed by atoms with E-state index in [1.807, 2.05) is 4.90 Å². The van der Waals surface area contributed by atoms with E-state index < -0.39 is 5.97 Å². The van der Waals surface area contributed by atoms with Crippen LogP contribution in [0.1, 0.15) is 20.3 Å². The SMILES string of the molecule is CC(O)CCN1CCN(C(C)C(=O)O)CC1. The maximum Gasteiger partial charge on any atom is 0.320 e. The minimum absolute atomic E-state index is 0.254. The fourth-order valence-corrected chi connectivity index (χ4v) is 1.90. The Morgan fingerprint density at radius 1 is 1.25 bits per heavy atom. The Morgan fingerprint density at radius 2 is 1.81 bits per heavy atom. The van der Waals surface area contributed by atoms with Crippen molar-refractivity contribution in [1.82, 2.24) is 9.80 Å². The van der Waals surface area contributed by atoms with Crippen LogP contribution in [0.25, 0.3) is 0 Å². The Kier molecular flexibility index (Phi) is 5.18. The highest BCUT2D eigenvalue weighted by molar-refractivity contribution is 5.72. The third kappa shape index (κ3) is 4.08. The van der Waals surface area contributed by atoms with Crippen molar-refractivity contribution in [3.05, 3.63) is 0 Å². The summed E-state index contributed by atoms with van der Waals surface area (Å²) >= 11 is 0. The van der Waals surface area contributed by atoms with Crippen molar-refractivity contribution in [3.8, 4) is 0 Å². The van der Waals surface area contributed by atoms with Gasteiger partial charge in [0.15, 0.2) is 0 Å². The molecule has 1 aliphatic rings. The van der Waals surface area contributed by atoms with Gasteiger partial charge in [-0.1, -0.05) is 0 Å². The van der Waals surface area contributed by atoms with Crippen LogP contribution in [0, 0.1) is 0 Å². The second-order valence-electron chi connectivity index (χ2n) is 4.53. The van der Waals surface area contributed by atoms with Gasteiger partial charge in [-0.3, -0.25) is 9.69 Å². The molecule has 0 spiro atoms. The zero-order chi connectivity index (χ0) is 12.1. The highest BCUT2D eigenvalue weighted by Gasteiger charge is 2.24. The average molecular weight is 230 g/mol. The van der Waals surface area contributed by atoms with Crippen molar-refractivity contribution in [2.75, 3.05) is 32.7 Å². The number of carboxylic acids is 1. The van der Waals surface area contributed by atoms with Gasteiger partial charge in [0, 0.05) is 32.7 Å². The van der Waals surface area contributed by atoms with Crippen LogP contribution in [-0.4, -0.2) is 70.9 Å². The molecule has 2 unspecified atom stereocenters. The van der Waals surface area contributed by atoms with Crippen LogP contribution in [0.5, 0.6) is 0 Å². The maximum atomic E-state index is 10.8. The number of aliphatic carboxylic acids is 1. The summed E-state index contributed by atoms with van der Waals surface area (Å²) in [5.41, 5.74) is 0. The Hall–Kier alpha value is -0.650. The first kappa shape index (κ1) is 13.4. The fourth-order valence-electron chi connectivity index (χ4n) is 1.90. The monoisotopic (exact) mass is 230 g/mol. The third-order valence-electron chi connectivity index (χ3n) is 3.18. The van der Waals surface area contributed by atoms with E-state index in [0.717, 1.165) is 39.1 Å². The summed E-state index contributed by atoms with van der Waals surface area (Å²) in [6.45, 7) is 7.80. The van der Waals surface area contributed by atoms with Crippen molar-refractivity contribution in [2.45, 2.75) is 32.4 Å². The number of hydrogen-bond donors (Lipinski definition) is 2. The van der Waals surface area contributed by atoms with E-state index in [9.17, 15) is 9.90 Å². The normalized spacial score (nSPS) is 22.9. The van der Waals surface area contributed by atoms with Gasteiger partial charge >= 0.3 is 5.97 Å². The maximum absolute atomic E-state index is 10.8.